The highest BCUT2D eigenvalue weighted by Crippen LogP contribution is 2.15. The fourth-order valence-electron chi connectivity index (χ4n) is 1.64. The van der Waals surface area contributed by atoms with Gasteiger partial charge in [-0.3, -0.25) is 14.9 Å². The molecule has 17 heavy (non-hydrogen) atoms. The summed E-state index contributed by atoms with van der Waals surface area (Å²) >= 11 is 0. The van der Waals surface area contributed by atoms with Gasteiger partial charge in [0, 0.05) is 6.20 Å². The average Bonchev–Trinajstić information content (AvgIpc) is 2.85. The highest BCUT2D eigenvalue weighted by molar-refractivity contribution is 5.94. The molecule has 0 radical (unpaired) electrons. The smallest absolute Gasteiger partial charge is 0.268 e. The number of amides is 1. The topological polar surface area (TPSA) is 86.1 Å². The van der Waals surface area contributed by atoms with Crippen LogP contribution in [0.3, 0.4) is 0 Å². The number of carbonyl (C=O) groups excluding carboxylic acids is 1. The minimum Gasteiger partial charge on any atom is -0.464 e. The van der Waals surface area contributed by atoms with E-state index in [-0.39, 0.29) is 5.91 Å². The van der Waals surface area contributed by atoms with Gasteiger partial charge in [0.05, 0.1) is 17.8 Å². The van der Waals surface area contributed by atoms with Crippen molar-refractivity contribution in [3.63, 3.8) is 0 Å². The van der Waals surface area contributed by atoms with Gasteiger partial charge in [-0.25, -0.2) is 5.84 Å². The summed E-state index contributed by atoms with van der Waals surface area (Å²) < 4.78 is 7.22. The zero-order valence-electron chi connectivity index (χ0n) is 9.73. The standard InChI is InChI=1S/C11H14N4O2/c1-7-3-4-15(14-7)6-9-5-10(8(2)17-9)11(16)13-12/h3-5H,6,12H2,1-2H3,(H,13,16). The highest BCUT2D eigenvalue weighted by atomic mass is 16.3. The summed E-state index contributed by atoms with van der Waals surface area (Å²) in [7, 11) is 0. The molecule has 0 bridgehead atoms. The number of hydrogen-bond donors (Lipinski definition) is 2. The van der Waals surface area contributed by atoms with Gasteiger partial charge in [-0.15, -0.1) is 0 Å². The molecule has 2 aromatic rings. The van der Waals surface area contributed by atoms with Crippen LogP contribution in [0.2, 0.25) is 0 Å². The van der Waals surface area contributed by atoms with E-state index in [4.69, 9.17) is 10.3 Å². The van der Waals surface area contributed by atoms with E-state index in [1.807, 2.05) is 19.2 Å². The van der Waals surface area contributed by atoms with Crippen LogP contribution in [0.25, 0.3) is 0 Å². The van der Waals surface area contributed by atoms with Crippen molar-refractivity contribution in [1.29, 1.82) is 0 Å². The van der Waals surface area contributed by atoms with Gasteiger partial charge in [0.25, 0.3) is 5.91 Å². The lowest BCUT2D eigenvalue weighted by Crippen LogP contribution is -2.30. The van der Waals surface area contributed by atoms with Gasteiger partial charge < -0.3 is 4.42 Å². The zero-order chi connectivity index (χ0) is 12.4. The lowest BCUT2D eigenvalue weighted by molar-refractivity contribution is 0.0952. The molecule has 2 heterocycles. The lowest BCUT2D eigenvalue weighted by Gasteiger charge is -1.96. The predicted octanol–water partition coefficient (Wildman–Crippen LogP) is 0.745. The van der Waals surface area contributed by atoms with Crippen molar-refractivity contribution in [1.82, 2.24) is 15.2 Å². The van der Waals surface area contributed by atoms with Crippen LogP contribution < -0.4 is 11.3 Å². The number of hydrazine groups is 1. The molecule has 6 nitrogen and oxygen atoms in total. The Bertz CT molecular complexity index is 541. The van der Waals surface area contributed by atoms with Crippen LogP contribution >= 0.6 is 0 Å². The zero-order valence-corrected chi connectivity index (χ0v) is 9.73. The molecule has 1 amide bonds. The van der Waals surface area contributed by atoms with E-state index in [0.717, 1.165) is 5.69 Å². The van der Waals surface area contributed by atoms with Gasteiger partial charge in [0.15, 0.2) is 0 Å². The summed E-state index contributed by atoms with van der Waals surface area (Å²) in [5.41, 5.74) is 3.47. The first kappa shape index (κ1) is 11.4. The molecule has 3 N–H and O–H groups in total. The summed E-state index contributed by atoms with van der Waals surface area (Å²) in [6.07, 6.45) is 1.86. The third-order valence-corrected chi connectivity index (χ3v) is 2.44. The van der Waals surface area contributed by atoms with Gasteiger partial charge in [-0.1, -0.05) is 0 Å². The normalized spacial score (nSPS) is 10.5. The van der Waals surface area contributed by atoms with Crippen LogP contribution in [-0.2, 0) is 6.54 Å². The molecular weight excluding hydrogens is 220 g/mol. The van der Waals surface area contributed by atoms with Crippen LogP contribution in [-0.4, -0.2) is 15.7 Å². The minimum atomic E-state index is -0.353. The molecule has 0 saturated carbocycles. The van der Waals surface area contributed by atoms with Crippen LogP contribution in [0.1, 0.15) is 27.6 Å². The Morgan fingerprint density at radius 1 is 1.59 bits per heavy atom. The third-order valence-electron chi connectivity index (χ3n) is 2.44. The van der Waals surface area contributed by atoms with Crippen LogP contribution in [0, 0.1) is 13.8 Å². The highest BCUT2D eigenvalue weighted by Gasteiger charge is 2.14. The predicted molar refractivity (Wildman–Crippen MR) is 61.2 cm³/mol. The monoisotopic (exact) mass is 234 g/mol. The van der Waals surface area contributed by atoms with Crippen molar-refractivity contribution in [2.75, 3.05) is 0 Å². The summed E-state index contributed by atoms with van der Waals surface area (Å²) in [4.78, 5) is 11.4. The molecule has 0 spiro atoms. The Kier molecular flexibility index (Phi) is 2.97. The Labute approximate surface area is 98.4 Å². The van der Waals surface area contributed by atoms with Crippen molar-refractivity contribution >= 4 is 5.91 Å². The number of nitrogens with two attached hydrogens (primary N) is 1. The Hall–Kier alpha value is -2.08. The first-order valence-corrected chi connectivity index (χ1v) is 5.20. The van der Waals surface area contributed by atoms with E-state index in [9.17, 15) is 4.79 Å². The summed E-state index contributed by atoms with van der Waals surface area (Å²) in [6.45, 7) is 4.13. The van der Waals surface area contributed by atoms with Gasteiger partial charge >= 0.3 is 0 Å². The first-order valence-electron chi connectivity index (χ1n) is 5.20. The second-order valence-electron chi connectivity index (χ2n) is 3.81. The Morgan fingerprint density at radius 2 is 2.35 bits per heavy atom. The van der Waals surface area contributed by atoms with Crippen molar-refractivity contribution in [2.24, 2.45) is 5.84 Å². The largest absolute Gasteiger partial charge is 0.464 e. The molecule has 2 rings (SSSR count). The quantitative estimate of drug-likeness (QED) is 0.466. The maximum atomic E-state index is 11.4. The minimum absolute atomic E-state index is 0.353. The molecule has 0 aromatic carbocycles. The number of aromatic nitrogens is 2. The number of carbonyl (C=O) groups is 1. The van der Waals surface area contributed by atoms with Crippen LogP contribution in [0.15, 0.2) is 22.7 Å². The molecule has 90 valence electrons. The average molecular weight is 234 g/mol. The third kappa shape index (κ3) is 2.36. The van der Waals surface area contributed by atoms with E-state index in [1.54, 1.807) is 17.7 Å². The number of nitrogens with zero attached hydrogens (tertiary/aromatic N) is 2. The fraction of sp³-hybridized carbons (Fsp3) is 0.273. The number of aryl methyl sites for hydroxylation is 2. The Morgan fingerprint density at radius 3 is 2.94 bits per heavy atom. The van der Waals surface area contributed by atoms with Gasteiger partial charge in [0.2, 0.25) is 0 Å². The SMILES string of the molecule is Cc1ccn(Cc2cc(C(=O)NN)c(C)o2)n1. The fourth-order valence-corrected chi connectivity index (χ4v) is 1.64. The molecule has 0 aliphatic rings. The number of nitrogens with one attached hydrogen (secondary N) is 1. The summed E-state index contributed by atoms with van der Waals surface area (Å²) in [5, 5.41) is 4.24. The summed E-state index contributed by atoms with van der Waals surface area (Å²) in [5.74, 6) is 5.95. The van der Waals surface area contributed by atoms with Crippen LogP contribution in [0.5, 0.6) is 0 Å². The van der Waals surface area contributed by atoms with Crippen molar-refractivity contribution in [2.45, 2.75) is 20.4 Å². The summed E-state index contributed by atoms with van der Waals surface area (Å²) in [6, 6.07) is 3.58. The molecule has 0 aliphatic heterocycles. The van der Waals surface area contributed by atoms with Gasteiger partial charge in [0.1, 0.15) is 11.5 Å². The van der Waals surface area contributed by atoms with E-state index in [2.05, 4.69) is 10.5 Å². The molecule has 0 saturated heterocycles. The van der Waals surface area contributed by atoms with Gasteiger partial charge in [-0.2, -0.15) is 5.10 Å². The molecule has 0 atom stereocenters. The molecule has 0 unspecified atom stereocenters. The molecule has 0 fully saturated rings. The number of furan rings is 1. The second-order valence-corrected chi connectivity index (χ2v) is 3.81. The molecular formula is C11H14N4O2. The van der Waals surface area contributed by atoms with Crippen molar-refractivity contribution < 1.29 is 9.21 Å². The molecule has 0 aliphatic carbocycles. The maximum absolute atomic E-state index is 11.4. The molecule has 2 aromatic heterocycles. The van der Waals surface area contributed by atoms with Crippen molar-refractivity contribution in [3.05, 3.63) is 41.1 Å². The lowest BCUT2D eigenvalue weighted by atomic mass is 10.2. The Balaban J connectivity index is 2.20. The van der Waals surface area contributed by atoms with E-state index < -0.39 is 0 Å². The van der Waals surface area contributed by atoms with E-state index in [0.29, 0.717) is 23.6 Å². The maximum Gasteiger partial charge on any atom is 0.268 e. The number of hydrogen-bond acceptors (Lipinski definition) is 4. The molecule has 6 heteroatoms. The first-order chi connectivity index (χ1) is 8.10. The second kappa shape index (κ2) is 4.42. The van der Waals surface area contributed by atoms with E-state index in [1.165, 1.54) is 0 Å². The van der Waals surface area contributed by atoms with Gasteiger partial charge in [-0.05, 0) is 26.0 Å². The van der Waals surface area contributed by atoms with E-state index >= 15 is 0 Å². The van der Waals surface area contributed by atoms with Crippen molar-refractivity contribution in [3.8, 4) is 0 Å². The number of rotatable bonds is 3. The van der Waals surface area contributed by atoms with Crippen LogP contribution in [0.4, 0.5) is 0 Å². The number of nitrogen functional groups attached to an aromatic ring is 1.